The number of nitrogens with zero attached hydrogens (tertiary/aromatic N) is 2. The molecule has 104 valence electrons. The van der Waals surface area contributed by atoms with E-state index in [1.807, 2.05) is 0 Å². The van der Waals surface area contributed by atoms with Crippen molar-refractivity contribution in [3.8, 4) is 0 Å². The van der Waals surface area contributed by atoms with Crippen LogP contribution in [0.4, 0.5) is 11.5 Å². The van der Waals surface area contributed by atoms with Crippen LogP contribution in [-0.4, -0.2) is 29.5 Å². The first kappa shape index (κ1) is 14.2. The van der Waals surface area contributed by atoms with Gasteiger partial charge < -0.3 is 10.6 Å². The van der Waals surface area contributed by atoms with Gasteiger partial charge in [0.1, 0.15) is 0 Å². The van der Waals surface area contributed by atoms with Crippen LogP contribution in [0, 0.1) is 15.5 Å². The number of anilines is 1. The normalized spacial score (nSPS) is 23.1. The molecule has 1 fully saturated rings. The fourth-order valence-corrected chi connectivity index (χ4v) is 2.59. The second-order valence-electron chi connectivity index (χ2n) is 5.22. The van der Waals surface area contributed by atoms with Gasteiger partial charge in [-0.1, -0.05) is 6.92 Å². The van der Waals surface area contributed by atoms with E-state index in [0.29, 0.717) is 16.8 Å². The van der Waals surface area contributed by atoms with Crippen molar-refractivity contribution in [2.24, 2.45) is 5.41 Å². The molecule has 19 heavy (non-hydrogen) atoms. The monoisotopic (exact) mass is 328 g/mol. The van der Waals surface area contributed by atoms with E-state index >= 15 is 0 Å². The molecule has 0 amide bonds. The van der Waals surface area contributed by atoms with Crippen molar-refractivity contribution in [3.63, 3.8) is 0 Å². The van der Waals surface area contributed by atoms with Gasteiger partial charge in [-0.15, -0.1) is 0 Å². The maximum atomic E-state index is 11.0. The molecule has 7 heteroatoms. The standard InChI is InChI=1S/C12H17BrN4O2/c1-12(3-2-4-14-7-12)8-16-11-10(17(18)19)5-9(13)6-15-11/h5-6,14H,2-4,7-8H2,1H3,(H,15,16). The first-order chi connectivity index (χ1) is 9.00. The summed E-state index contributed by atoms with van der Waals surface area (Å²) in [5.74, 6) is 0.333. The summed E-state index contributed by atoms with van der Waals surface area (Å²) in [5.41, 5.74) is 0.114. The average Bonchev–Trinajstić information content (AvgIpc) is 2.38. The zero-order valence-electron chi connectivity index (χ0n) is 10.8. The summed E-state index contributed by atoms with van der Waals surface area (Å²) in [5, 5.41) is 17.5. The van der Waals surface area contributed by atoms with Gasteiger partial charge in [0.05, 0.1) is 4.92 Å². The first-order valence-corrected chi connectivity index (χ1v) is 7.04. The summed E-state index contributed by atoms with van der Waals surface area (Å²) in [6.07, 6.45) is 3.81. The molecular formula is C12H17BrN4O2. The van der Waals surface area contributed by atoms with E-state index in [2.05, 4.69) is 38.5 Å². The highest BCUT2D eigenvalue weighted by Crippen LogP contribution is 2.29. The highest BCUT2D eigenvalue weighted by Gasteiger charge is 2.27. The third-order valence-electron chi connectivity index (χ3n) is 3.40. The lowest BCUT2D eigenvalue weighted by Gasteiger charge is -2.34. The van der Waals surface area contributed by atoms with E-state index in [1.165, 1.54) is 6.07 Å². The number of nitrogens with one attached hydrogen (secondary N) is 2. The summed E-state index contributed by atoms with van der Waals surface area (Å²) >= 11 is 3.20. The molecule has 1 aliphatic rings. The zero-order chi connectivity index (χ0) is 13.9. The van der Waals surface area contributed by atoms with Crippen LogP contribution in [0.1, 0.15) is 19.8 Å². The van der Waals surface area contributed by atoms with Gasteiger partial charge in [0.15, 0.2) is 0 Å². The lowest BCUT2D eigenvalue weighted by atomic mass is 9.83. The Kier molecular flexibility index (Phi) is 4.36. The molecule has 6 nitrogen and oxygen atoms in total. The van der Waals surface area contributed by atoms with E-state index in [4.69, 9.17) is 0 Å². The fraction of sp³-hybridized carbons (Fsp3) is 0.583. The number of hydrogen-bond acceptors (Lipinski definition) is 5. The zero-order valence-corrected chi connectivity index (χ0v) is 12.4. The third-order valence-corrected chi connectivity index (χ3v) is 3.83. The summed E-state index contributed by atoms with van der Waals surface area (Å²) < 4.78 is 0.607. The Bertz CT molecular complexity index is 475. The SMILES string of the molecule is CC1(CNc2ncc(Br)cc2[N+](=O)[O-])CCCNC1. The Morgan fingerprint density at radius 3 is 3.11 bits per heavy atom. The lowest BCUT2D eigenvalue weighted by Crippen LogP contribution is -2.42. The molecule has 2 heterocycles. The number of nitro groups is 1. The molecule has 2 N–H and O–H groups in total. The molecule has 1 saturated heterocycles. The molecule has 0 radical (unpaired) electrons. The summed E-state index contributed by atoms with van der Waals surface area (Å²) in [7, 11) is 0. The van der Waals surface area contributed by atoms with Crippen LogP contribution in [0.5, 0.6) is 0 Å². The van der Waals surface area contributed by atoms with E-state index in [1.54, 1.807) is 6.20 Å². The maximum Gasteiger partial charge on any atom is 0.312 e. The number of piperidine rings is 1. The van der Waals surface area contributed by atoms with E-state index in [-0.39, 0.29) is 11.1 Å². The quantitative estimate of drug-likeness (QED) is 0.655. The van der Waals surface area contributed by atoms with Gasteiger partial charge in [0, 0.05) is 29.8 Å². The second-order valence-corrected chi connectivity index (χ2v) is 6.14. The van der Waals surface area contributed by atoms with Crippen LogP contribution in [0.3, 0.4) is 0 Å². The number of halogens is 1. The van der Waals surface area contributed by atoms with E-state index in [9.17, 15) is 10.1 Å². The van der Waals surface area contributed by atoms with Crippen LogP contribution in [-0.2, 0) is 0 Å². The molecule has 0 saturated carbocycles. The van der Waals surface area contributed by atoms with Gasteiger partial charge in [0.25, 0.3) is 0 Å². The summed E-state index contributed by atoms with van der Waals surface area (Å²) in [6, 6.07) is 1.47. The largest absolute Gasteiger partial charge is 0.364 e. The van der Waals surface area contributed by atoms with Crippen LogP contribution in [0.25, 0.3) is 0 Å². The van der Waals surface area contributed by atoms with Crippen LogP contribution in [0.2, 0.25) is 0 Å². The van der Waals surface area contributed by atoms with Gasteiger partial charge in [-0.2, -0.15) is 0 Å². The van der Waals surface area contributed by atoms with Crippen LogP contribution in [0.15, 0.2) is 16.7 Å². The summed E-state index contributed by atoms with van der Waals surface area (Å²) in [6.45, 7) is 4.82. The molecule has 0 aliphatic carbocycles. The van der Waals surface area contributed by atoms with Gasteiger partial charge in [-0.25, -0.2) is 4.98 Å². The Morgan fingerprint density at radius 1 is 1.68 bits per heavy atom. The van der Waals surface area contributed by atoms with Crippen molar-refractivity contribution in [2.75, 3.05) is 25.0 Å². The van der Waals surface area contributed by atoms with Crippen molar-refractivity contribution in [2.45, 2.75) is 19.8 Å². The van der Waals surface area contributed by atoms with Gasteiger partial charge >= 0.3 is 5.69 Å². The van der Waals surface area contributed by atoms with Crippen molar-refractivity contribution in [1.29, 1.82) is 0 Å². The first-order valence-electron chi connectivity index (χ1n) is 6.25. The number of rotatable bonds is 4. The van der Waals surface area contributed by atoms with Gasteiger partial charge in [-0.05, 0) is 40.7 Å². The topological polar surface area (TPSA) is 80.1 Å². The van der Waals surface area contributed by atoms with Gasteiger partial charge in [0.2, 0.25) is 5.82 Å². The van der Waals surface area contributed by atoms with Crippen molar-refractivity contribution < 1.29 is 4.92 Å². The molecule has 1 unspecified atom stereocenters. The molecule has 1 aromatic heterocycles. The van der Waals surface area contributed by atoms with Crippen LogP contribution < -0.4 is 10.6 Å². The minimum atomic E-state index is -0.415. The number of pyridine rings is 1. The van der Waals surface area contributed by atoms with Crippen molar-refractivity contribution >= 4 is 27.4 Å². The minimum absolute atomic E-state index is 0.00161. The Balaban J connectivity index is 2.08. The molecule has 2 rings (SSSR count). The molecule has 1 atom stereocenters. The highest BCUT2D eigenvalue weighted by atomic mass is 79.9. The number of aromatic nitrogens is 1. The van der Waals surface area contributed by atoms with E-state index < -0.39 is 4.92 Å². The molecule has 0 aromatic carbocycles. The van der Waals surface area contributed by atoms with Gasteiger partial charge in [-0.3, -0.25) is 10.1 Å². The average molecular weight is 329 g/mol. The maximum absolute atomic E-state index is 11.0. The lowest BCUT2D eigenvalue weighted by molar-refractivity contribution is -0.384. The Labute approximate surface area is 120 Å². The summed E-state index contributed by atoms with van der Waals surface area (Å²) in [4.78, 5) is 14.7. The predicted octanol–water partition coefficient (Wildman–Crippen LogP) is 2.55. The Morgan fingerprint density at radius 2 is 2.47 bits per heavy atom. The molecule has 1 aliphatic heterocycles. The van der Waals surface area contributed by atoms with E-state index in [0.717, 1.165) is 25.9 Å². The predicted molar refractivity (Wildman–Crippen MR) is 77.3 cm³/mol. The van der Waals surface area contributed by atoms with Crippen molar-refractivity contribution in [3.05, 3.63) is 26.9 Å². The Hall–Kier alpha value is -1.21. The number of hydrogen-bond donors (Lipinski definition) is 2. The smallest absolute Gasteiger partial charge is 0.312 e. The molecule has 1 aromatic rings. The minimum Gasteiger partial charge on any atom is -0.364 e. The van der Waals surface area contributed by atoms with Crippen molar-refractivity contribution in [1.82, 2.24) is 10.3 Å². The highest BCUT2D eigenvalue weighted by molar-refractivity contribution is 9.10. The van der Waals surface area contributed by atoms with Crippen LogP contribution >= 0.6 is 15.9 Å². The molecule has 0 bridgehead atoms. The fourth-order valence-electron chi connectivity index (χ4n) is 2.27. The second kappa shape index (κ2) is 5.83. The third kappa shape index (κ3) is 3.63. The molecule has 0 spiro atoms. The molecular weight excluding hydrogens is 312 g/mol.